The second kappa shape index (κ2) is 9.46. The van der Waals surface area contributed by atoms with Crippen molar-refractivity contribution in [1.29, 1.82) is 0 Å². The van der Waals surface area contributed by atoms with Crippen molar-refractivity contribution in [2.45, 2.75) is 12.8 Å². The van der Waals surface area contributed by atoms with Crippen LogP contribution in [0.15, 0.2) is 24.3 Å². The van der Waals surface area contributed by atoms with Gasteiger partial charge in [-0.3, -0.25) is 14.4 Å². The normalized spacial score (nSPS) is 9.76. The average Bonchev–Trinajstić information content (AvgIpc) is 2.48. The SMILES string of the molecule is O=CNCCCNC(=O)C(=O)NCCc1ccc(F)cc1. The lowest BCUT2D eigenvalue weighted by molar-refractivity contribution is -0.139. The van der Waals surface area contributed by atoms with Gasteiger partial charge in [-0.05, 0) is 30.5 Å². The number of halogens is 1. The predicted octanol–water partition coefficient (Wildman–Crippen LogP) is -0.263. The van der Waals surface area contributed by atoms with Crippen molar-refractivity contribution >= 4 is 18.2 Å². The Kier molecular flexibility index (Phi) is 7.49. The third-order valence-electron chi connectivity index (χ3n) is 2.69. The van der Waals surface area contributed by atoms with E-state index in [1.165, 1.54) is 12.1 Å². The van der Waals surface area contributed by atoms with Crippen LogP contribution in [0.1, 0.15) is 12.0 Å². The van der Waals surface area contributed by atoms with Gasteiger partial charge < -0.3 is 16.0 Å². The van der Waals surface area contributed by atoms with Gasteiger partial charge in [0.2, 0.25) is 6.41 Å². The Labute approximate surface area is 122 Å². The minimum atomic E-state index is -0.708. The molecule has 21 heavy (non-hydrogen) atoms. The Hall–Kier alpha value is -2.44. The summed E-state index contributed by atoms with van der Waals surface area (Å²) in [5.74, 6) is -1.73. The molecule has 0 heterocycles. The molecule has 0 aliphatic rings. The van der Waals surface area contributed by atoms with Crippen LogP contribution in [-0.2, 0) is 20.8 Å². The first-order valence-corrected chi connectivity index (χ1v) is 6.61. The van der Waals surface area contributed by atoms with Gasteiger partial charge in [-0.2, -0.15) is 0 Å². The molecule has 0 saturated carbocycles. The highest BCUT2D eigenvalue weighted by Crippen LogP contribution is 2.02. The molecule has 0 unspecified atom stereocenters. The van der Waals surface area contributed by atoms with Gasteiger partial charge in [0.15, 0.2) is 0 Å². The van der Waals surface area contributed by atoms with E-state index < -0.39 is 11.8 Å². The number of benzene rings is 1. The highest BCUT2D eigenvalue weighted by molar-refractivity contribution is 6.35. The Morgan fingerprint density at radius 2 is 1.62 bits per heavy atom. The molecule has 0 bridgehead atoms. The molecule has 0 atom stereocenters. The molecule has 1 aromatic rings. The van der Waals surface area contributed by atoms with Crippen LogP contribution in [0.3, 0.4) is 0 Å². The van der Waals surface area contributed by atoms with Crippen LogP contribution in [-0.4, -0.2) is 37.9 Å². The summed E-state index contributed by atoms with van der Waals surface area (Å²) < 4.78 is 12.7. The standard InChI is InChI=1S/C14H18FN3O3/c15-12-4-2-11(3-5-12)6-9-18-14(21)13(20)17-8-1-7-16-10-19/h2-5,10H,1,6-9H2,(H,16,19)(H,17,20)(H,18,21). The van der Waals surface area contributed by atoms with E-state index in [9.17, 15) is 18.8 Å². The first kappa shape index (κ1) is 16.6. The van der Waals surface area contributed by atoms with Gasteiger partial charge in [0.05, 0.1) is 0 Å². The summed E-state index contributed by atoms with van der Waals surface area (Å²) in [6, 6.07) is 5.94. The number of carbonyl (C=O) groups is 3. The molecular formula is C14H18FN3O3. The van der Waals surface area contributed by atoms with E-state index in [2.05, 4.69) is 16.0 Å². The molecule has 1 rings (SSSR count). The summed E-state index contributed by atoms with van der Waals surface area (Å²) in [5.41, 5.74) is 0.872. The molecule has 1 aromatic carbocycles. The molecule has 0 aliphatic carbocycles. The Bertz CT molecular complexity index is 477. The van der Waals surface area contributed by atoms with Gasteiger partial charge in [0.25, 0.3) is 0 Å². The maximum Gasteiger partial charge on any atom is 0.309 e. The fourth-order valence-electron chi connectivity index (χ4n) is 1.58. The third kappa shape index (κ3) is 7.05. The van der Waals surface area contributed by atoms with Gasteiger partial charge in [0.1, 0.15) is 5.82 Å². The number of carbonyl (C=O) groups excluding carboxylic acids is 3. The van der Waals surface area contributed by atoms with Crippen LogP contribution in [0, 0.1) is 5.82 Å². The lowest BCUT2D eigenvalue weighted by Crippen LogP contribution is -2.41. The second-order valence-electron chi connectivity index (χ2n) is 4.31. The van der Waals surface area contributed by atoms with E-state index in [1.807, 2.05) is 0 Å². The summed E-state index contributed by atoms with van der Waals surface area (Å²) >= 11 is 0. The van der Waals surface area contributed by atoms with E-state index in [1.54, 1.807) is 12.1 Å². The molecule has 0 spiro atoms. The lowest BCUT2D eigenvalue weighted by Gasteiger charge is -2.06. The second-order valence-corrected chi connectivity index (χ2v) is 4.31. The summed E-state index contributed by atoms with van der Waals surface area (Å²) in [6.07, 6.45) is 1.64. The smallest absolute Gasteiger partial charge is 0.309 e. The molecule has 0 radical (unpaired) electrons. The number of hydrogen-bond donors (Lipinski definition) is 3. The summed E-state index contributed by atoms with van der Waals surface area (Å²) in [6.45, 7) is 1.05. The van der Waals surface area contributed by atoms with Crippen LogP contribution in [0.2, 0.25) is 0 Å². The van der Waals surface area contributed by atoms with E-state index in [4.69, 9.17) is 0 Å². The van der Waals surface area contributed by atoms with Crippen LogP contribution >= 0.6 is 0 Å². The quantitative estimate of drug-likeness (QED) is 0.351. The van der Waals surface area contributed by atoms with Gasteiger partial charge in [0, 0.05) is 19.6 Å². The zero-order chi connectivity index (χ0) is 15.5. The van der Waals surface area contributed by atoms with E-state index in [-0.39, 0.29) is 5.82 Å². The molecule has 0 fully saturated rings. The van der Waals surface area contributed by atoms with Crippen LogP contribution in [0.5, 0.6) is 0 Å². The van der Waals surface area contributed by atoms with Gasteiger partial charge in [-0.1, -0.05) is 12.1 Å². The molecule has 114 valence electrons. The highest BCUT2D eigenvalue weighted by Gasteiger charge is 2.11. The Balaban J connectivity index is 2.16. The Morgan fingerprint density at radius 1 is 1.00 bits per heavy atom. The average molecular weight is 295 g/mol. The van der Waals surface area contributed by atoms with Crippen molar-refractivity contribution in [3.8, 4) is 0 Å². The topological polar surface area (TPSA) is 87.3 Å². The molecule has 3 amide bonds. The number of nitrogens with one attached hydrogen (secondary N) is 3. The highest BCUT2D eigenvalue weighted by atomic mass is 19.1. The van der Waals surface area contributed by atoms with Crippen LogP contribution in [0.25, 0.3) is 0 Å². The van der Waals surface area contributed by atoms with Crippen molar-refractivity contribution in [2.75, 3.05) is 19.6 Å². The fourth-order valence-corrected chi connectivity index (χ4v) is 1.58. The van der Waals surface area contributed by atoms with Crippen molar-refractivity contribution in [3.05, 3.63) is 35.6 Å². The molecule has 0 aliphatic heterocycles. The maximum absolute atomic E-state index is 12.7. The van der Waals surface area contributed by atoms with E-state index in [0.29, 0.717) is 38.9 Å². The van der Waals surface area contributed by atoms with Gasteiger partial charge in [-0.25, -0.2) is 4.39 Å². The summed E-state index contributed by atoms with van der Waals surface area (Å²) in [5, 5.41) is 7.37. The lowest BCUT2D eigenvalue weighted by atomic mass is 10.1. The fraction of sp³-hybridized carbons (Fsp3) is 0.357. The Morgan fingerprint density at radius 3 is 2.24 bits per heavy atom. The molecular weight excluding hydrogens is 277 g/mol. The zero-order valence-corrected chi connectivity index (χ0v) is 11.5. The predicted molar refractivity (Wildman–Crippen MR) is 74.8 cm³/mol. The molecule has 6 nitrogen and oxygen atoms in total. The monoisotopic (exact) mass is 295 g/mol. The largest absolute Gasteiger partial charge is 0.359 e. The number of hydrogen-bond acceptors (Lipinski definition) is 3. The third-order valence-corrected chi connectivity index (χ3v) is 2.69. The van der Waals surface area contributed by atoms with Crippen molar-refractivity contribution in [1.82, 2.24) is 16.0 Å². The zero-order valence-electron chi connectivity index (χ0n) is 11.5. The molecule has 0 saturated heterocycles. The van der Waals surface area contributed by atoms with Crippen molar-refractivity contribution in [3.63, 3.8) is 0 Å². The minimum absolute atomic E-state index is 0.296. The first-order chi connectivity index (χ1) is 10.1. The molecule has 7 heteroatoms. The van der Waals surface area contributed by atoms with Gasteiger partial charge in [-0.15, -0.1) is 0 Å². The molecule has 3 N–H and O–H groups in total. The van der Waals surface area contributed by atoms with Gasteiger partial charge >= 0.3 is 11.8 Å². The maximum atomic E-state index is 12.7. The minimum Gasteiger partial charge on any atom is -0.359 e. The summed E-state index contributed by atoms with van der Waals surface area (Å²) in [7, 11) is 0. The number of rotatable bonds is 8. The summed E-state index contributed by atoms with van der Waals surface area (Å²) in [4.78, 5) is 32.8. The van der Waals surface area contributed by atoms with E-state index >= 15 is 0 Å². The van der Waals surface area contributed by atoms with Crippen LogP contribution < -0.4 is 16.0 Å². The van der Waals surface area contributed by atoms with E-state index in [0.717, 1.165) is 5.56 Å². The van der Waals surface area contributed by atoms with Crippen LogP contribution in [0.4, 0.5) is 4.39 Å². The number of amides is 3. The van der Waals surface area contributed by atoms with Crippen molar-refractivity contribution in [2.24, 2.45) is 0 Å². The van der Waals surface area contributed by atoms with Crippen molar-refractivity contribution < 1.29 is 18.8 Å². The first-order valence-electron chi connectivity index (χ1n) is 6.61. The molecule has 0 aromatic heterocycles.